The number of nitrogens with zero attached hydrogens (tertiary/aromatic N) is 3. The molecule has 0 unspecified atom stereocenters. The highest BCUT2D eigenvalue weighted by molar-refractivity contribution is 5.92. The first kappa shape index (κ1) is 21.0. The van der Waals surface area contributed by atoms with Crippen molar-refractivity contribution < 1.29 is 19.4 Å². The minimum Gasteiger partial charge on any atom is -0.450 e. The van der Waals surface area contributed by atoms with E-state index in [4.69, 9.17) is 9.47 Å². The number of benzene rings is 1. The van der Waals surface area contributed by atoms with E-state index in [2.05, 4.69) is 34.2 Å². The Hall–Kier alpha value is -2.90. The van der Waals surface area contributed by atoms with Crippen LogP contribution in [0.3, 0.4) is 0 Å². The largest absolute Gasteiger partial charge is 0.450 e. The Morgan fingerprint density at radius 3 is 2.66 bits per heavy atom. The lowest BCUT2D eigenvalue weighted by atomic mass is 9.91. The summed E-state index contributed by atoms with van der Waals surface area (Å²) in [6.07, 6.45) is 5.31. The van der Waals surface area contributed by atoms with Gasteiger partial charge in [0.25, 0.3) is 0 Å². The number of anilines is 1. The minimum absolute atomic E-state index is 0.230. The maximum Gasteiger partial charge on any atom is 0.409 e. The van der Waals surface area contributed by atoms with Gasteiger partial charge in [-0.2, -0.15) is 0 Å². The molecule has 1 amide bonds. The number of aromatic nitrogens is 1. The van der Waals surface area contributed by atoms with Crippen molar-refractivity contribution in [2.24, 2.45) is 0 Å². The van der Waals surface area contributed by atoms with Gasteiger partial charge in [-0.15, -0.1) is 0 Å². The summed E-state index contributed by atoms with van der Waals surface area (Å²) in [5, 5.41) is 10.7. The zero-order chi connectivity index (χ0) is 22.1. The quantitative estimate of drug-likeness (QED) is 0.796. The van der Waals surface area contributed by atoms with Crippen LogP contribution in [0, 0.1) is 0 Å². The number of amides is 1. The second-order valence-electron chi connectivity index (χ2n) is 8.62. The summed E-state index contributed by atoms with van der Waals surface area (Å²) in [6.45, 7) is 6.04. The molecule has 2 fully saturated rings. The van der Waals surface area contributed by atoms with Crippen molar-refractivity contribution in [2.45, 2.75) is 25.4 Å². The number of fused-ring (bicyclic) bond motifs is 1. The Bertz CT molecular complexity index is 1020. The van der Waals surface area contributed by atoms with Crippen molar-refractivity contribution in [3.8, 4) is 0 Å². The molecule has 5 rings (SSSR count). The van der Waals surface area contributed by atoms with Crippen molar-refractivity contribution in [1.29, 1.82) is 0 Å². The van der Waals surface area contributed by atoms with Crippen LogP contribution in [0.2, 0.25) is 0 Å². The summed E-state index contributed by atoms with van der Waals surface area (Å²) in [6, 6.07) is 10.3. The van der Waals surface area contributed by atoms with Crippen LogP contribution in [0.1, 0.15) is 35.7 Å². The minimum atomic E-state index is -0.869. The highest BCUT2D eigenvalue weighted by atomic mass is 16.6. The third kappa shape index (κ3) is 3.87. The average molecular weight is 436 g/mol. The van der Waals surface area contributed by atoms with Gasteiger partial charge >= 0.3 is 6.09 Å². The molecule has 1 aromatic heterocycles. The van der Waals surface area contributed by atoms with Gasteiger partial charge < -0.3 is 24.4 Å². The fourth-order valence-corrected chi connectivity index (χ4v) is 4.79. The average Bonchev–Trinajstić information content (AvgIpc) is 3.46. The van der Waals surface area contributed by atoms with Gasteiger partial charge in [-0.05, 0) is 35.8 Å². The van der Waals surface area contributed by atoms with Gasteiger partial charge in [0.05, 0.1) is 18.9 Å². The Kier molecular flexibility index (Phi) is 5.61. The number of rotatable bonds is 4. The van der Waals surface area contributed by atoms with Gasteiger partial charge in [-0.1, -0.05) is 24.3 Å². The van der Waals surface area contributed by atoms with E-state index in [1.807, 2.05) is 25.3 Å². The van der Waals surface area contributed by atoms with Crippen molar-refractivity contribution in [3.63, 3.8) is 0 Å². The number of allylic oxidation sites excluding steroid dienone is 1. The van der Waals surface area contributed by atoms with Crippen molar-refractivity contribution in [3.05, 3.63) is 58.9 Å². The first-order chi connectivity index (χ1) is 15.6. The number of carbonyl (C=O) groups excluding carboxylic acids is 1. The van der Waals surface area contributed by atoms with Gasteiger partial charge in [0.15, 0.2) is 0 Å². The third-order valence-electron chi connectivity index (χ3n) is 6.67. The van der Waals surface area contributed by atoms with Crippen molar-refractivity contribution in [1.82, 2.24) is 9.88 Å². The Morgan fingerprint density at radius 2 is 1.97 bits per heavy atom. The highest BCUT2D eigenvalue weighted by Crippen LogP contribution is 2.37. The maximum atomic E-state index is 12.0. The number of carbonyl (C=O) groups is 1. The summed E-state index contributed by atoms with van der Waals surface area (Å²) in [5.74, 6) is 0. The molecule has 1 aromatic carbocycles. The van der Waals surface area contributed by atoms with E-state index in [0.29, 0.717) is 39.3 Å². The fraction of sp³-hybridized carbons (Fsp3) is 0.440. The van der Waals surface area contributed by atoms with E-state index in [9.17, 15) is 9.90 Å². The molecule has 0 spiro atoms. The predicted octanol–water partition coefficient (Wildman–Crippen LogP) is 3.06. The fourth-order valence-electron chi connectivity index (χ4n) is 4.79. The van der Waals surface area contributed by atoms with Gasteiger partial charge in [0.2, 0.25) is 0 Å². The smallest absolute Gasteiger partial charge is 0.409 e. The summed E-state index contributed by atoms with van der Waals surface area (Å²) in [4.78, 5) is 20.7. The predicted molar refractivity (Wildman–Crippen MR) is 122 cm³/mol. The Labute approximate surface area is 188 Å². The van der Waals surface area contributed by atoms with Crippen molar-refractivity contribution in [2.75, 3.05) is 50.9 Å². The summed E-state index contributed by atoms with van der Waals surface area (Å²) in [5.41, 5.74) is 5.83. The molecule has 0 radical (unpaired) electrons. The van der Waals surface area contributed by atoms with Crippen LogP contribution in [0.4, 0.5) is 10.5 Å². The molecule has 3 heterocycles. The van der Waals surface area contributed by atoms with Gasteiger partial charge in [0.1, 0.15) is 5.60 Å². The van der Waals surface area contributed by atoms with E-state index in [0.717, 1.165) is 36.3 Å². The van der Waals surface area contributed by atoms with Crippen molar-refractivity contribution >= 4 is 23.4 Å². The second kappa shape index (κ2) is 8.56. The number of hydrogen-bond acceptors (Lipinski definition) is 6. The third-order valence-corrected chi connectivity index (χ3v) is 6.67. The number of piperazine rings is 1. The first-order valence-corrected chi connectivity index (χ1v) is 11.3. The molecule has 1 N–H and O–H groups in total. The molecule has 0 bridgehead atoms. The molecule has 32 heavy (non-hydrogen) atoms. The van der Waals surface area contributed by atoms with Crippen LogP contribution in [-0.2, 0) is 21.5 Å². The topological polar surface area (TPSA) is 75.1 Å². The summed E-state index contributed by atoms with van der Waals surface area (Å²) < 4.78 is 10.5. The first-order valence-electron chi connectivity index (χ1n) is 11.3. The molecule has 1 aliphatic carbocycles. The summed E-state index contributed by atoms with van der Waals surface area (Å²) >= 11 is 0. The van der Waals surface area contributed by atoms with E-state index in [-0.39, 0.29) is 6.09 Å². The van der Waals surface area contributed by atoms with Crippen LogP contribution in [0.5, 0.6) is 0 Å². The number of pyridine rings is 1. The molecule has 0 saturated carbocycles. The van der Waals surface area contributed by atoms with E-state index >= 15 is 0 Å². The molecular weight excluding hydrogens is 406 g/mol. The standard InChI is InChI=1S/C25H29N3O4/c1-2-32-24(29)28-12-10-27(11-13-28)23-7-9-26-22-16-19(15-21(22)23)18-3-5-20(6-4-18)25(30)8-14-31-17-25/h3-7,9,15,30H,2,8,10-14,16-17H2,1H3/t25-/m1/s1. The van der Waals surface area contributed by atoms with Crippen LogP contribution in [0.25, 0.3) is 11.6 Å². The highest BCUT2D eigenvalue weighted by Gasteiger charge is 2.34. The number of hydrogen-bond donors (Lipinski definition) is 1. The molecule has 2 aromatic rings. The normalized spacial score (nSPS) is 22.6. The van der Waals surface area contributed by atoms with Crippen LogP contribution >= 0.6 is 0 Å². The van der Waals surface area contributed by atoms with E-state index in [1.54, 1.807) is 4.90 Å². The van der Waals surface area contributed by atoms with Crippen LogP contribution in [0.15, 0.2) is 36.5 Å². The van der Waals surface area contributed by atoms with Gasteiger partial charge in [-0.3, -0.25) is 4.98 Å². The Balaban J connectivity index is 1.32. The Morgan fingerprint density at radius 1 is 1.19 bits per heavy atom. The van der Waals surface area contributed by atoms with Gasteiger partial charge in [0, 0.05) is 63.1 Å². The summed E-state index contributed by atoms with van der Waals surface area (Å²) in [7, 11) is 0. The van der Waals surface area contributed by atoms with Gasteiger partial charge in [-0.25, -0.2) is 4.79 Å². The molecule has 168 valence electrons. The molecule has 7 nitrogen and oxygen atoms in total. The lowest BCUT2D eigenvalue weighted by Gasteiger charge is -2.36. The van der Waals surface area contributed by atoms with Crippen LogP contribution in [-0.4, -0.2) is 67.1 Å². The second-order valence-corrected chi connectivity index (χ2v) is 8.62. The van der Waals surface area contributed by atoms with Crippen LogP contribution < -0.4 is 4.90 Å². The number of aliphatic hydroxyl groups is 1. The monoisotopic (exact) mass is 435 g/mol. The molecule has 2 saturated heterocycles. The van der Waals surface area contributed by atoms with E-state index in [1.165, 1.54) is 16.8 Å². The lowest BCUT2D eigenvalue weighted by Crippen LogP contribution is -2.49. The molecule has 3 aliphatic rings. The number of ether oxygens (including phenoxy) is 2. The molecule has 1 atom stereocenters. The molecule has 7 heteroatoms. The zero-order valence-electron chi connectivity index (χ0n) is 18.4. The molecule has 2 aliphatic heterocycles. The molecular formula is C25H29N3O4. The lowest BCUT2D eigenvalue weighted by molar-refractivity contribution is 0.0232. The SMILES string of the molecule is CCOC(=O)N1CCN(c2ccnc3c2C=C(c2ccc([C@@]4(O)CCOC4)cc2)C3)CC1. The maximum absolute atomic E-state index is 12.0. The zero-order valence-corrected chi connectivity index (χ0v) is 18.4. The van der Waals surface area contributed by atoms with E-state index < -0.39 is 5.60 Å².